The van der Waals surface area contributed by atoms with E-state index in [0.29, 0.717) is 0 Å². The summed E-state index contributed by atoms with van der Waals surface area (Å²) in [6.45, 7) is 0. The van der Waals surface area contributed by atoms with Gasteiger partial charge in [-0.25, -0.2) is 0 Å². The summed E-state index contributed by atoms with van der Waals surface area (Å²) >= 11 is 0. The van der Waals surface area contributed by atoms with Crippen molar-refractivity contribution in [2.45, 2.75) is 5.66 Å². The molecular weight excluding hydrogens is 220 g/mol. The fourth-order valence-corrected chi connectivity index (χ4v) is 1.59. The van der Waals surface area contributed by atoms with Crippen LogP contribution in [-0.2, 0) is 5.66 Å². The SMILES string of the molecule is Cl.NC(N)(c1ccccc1)c1ccccc1. The second kappa shape index (κ2) is 5.12. The van der Waals surface area contributed by atoms with Crippen LogP contribution in [0.3, 0.4) is 0 Å². The van der Waals surface area contributed by atoms with Gasteiger partial charge in [-0.15, -0.1) is 12.4 Å². The number of halogens is 1. The number of nitrogens with two attached hydrogens (primary N) is 2. The smallest absolute Gasteiger partial charge is 0.116 e. The lowest BCUT2D eigenvalue weighted by Gasteiger charge is -2.25. The first kappa shape index (κ1) is 12.7. The van der Waals surface area contributed by atoms with Crippen molar-refractivity contribution in [2.75, 3.05) is 0 Å². The molecule has 16 heavy (non-hydrogen) atoms. The van der Waals surface area contributed by atoms with Gasteiger partial charge in [-0.05, 0) is 11.1 Å². The third-order valence-electron chi connectivity index (χ3n) is 2.50. The number of hydrogen-bond acceptors (Lipinski definition) is 2. The summed E-state index contributed by atoms with van der Waals surface area (Å²) in [5, 5.41) is 0. The first-order valence-corrected chi connectivity index (χ1v) is 4.90. The van der Waals surface area contributed by atoms with Crippen molar-refractivity contribution in [3.05, 3.63) is 71.8 Å². The van der Waals surface area contributed by atoms with E-state index in [-0.39, 0.29) is 12.4 Å². The number of rotatable bonds is 2. The maximum atomic E-state index is 6.14. The molecule has 0 heterocycles. The molecule has 2 rings (SSSR count). The molecule has 0 aliphatic heterocycles. The van der Waals surface area contributed by atoms with Gasteiger partial charge < -0.3 is 11.5 Å². The summed E-state index contributed by atoms with van der Waals surface area (Å²) in [5.74, 6) is 0. The third-order valence-corrected chi connectivity index (χ3v) is 2.50. The normalized spacial score (nSPS) is 10.6. The quantitative estimate of drug-likeness (QED) is 0.783. The molecule has 0 spiro atoms. The molecule has 0 saturated carbocycles. The molecular formula is C13H15ClN2. The highest BCUT2D eigenvalue weighted by molar-refractivity contribution is 5.85. The lowest BCUT2D eigenvalue weighted by atomic mass is 9.93. The Labute approximate surface area is 102 Å². The molecule has 3 heteroatoms. The van der Waals surface area contributed by atoms with Crippen LogP contribution in [0, 0.1) is 0 Å². The van der Waals surface area contributed by atoms with Gasteiger partial charge in [0.2, 0.25) is 0 Å². The second-order valence-corrected chi connectivity index (χ2v) is 3.60. The van der Waals surface area contributed by atoms with Crippen LogP contribution in [-0.4, -0.2) is 0 Å². The van der Waals surface area contributed by atoms with Gasteiger partial charge >= 0.3 is 0 Å². The molecule has 0 saturated heterocycles. The molecule has 84 valence electrons. The summed E-state index contributed by atoms with van der Waals surface area (Å²) in [6.07, 6.45) is 0. The van der Waals surface area contributed by atoms with E-state index in [1.165, 1.54) is 0 Å². The van der Waals surface area contributed by atoms with Crippen LogP contribution >= 0.6 is 12.4 Å². The van der Waals surface area contributed by atoms with E-state index in [1.807, 2.05) is 60.7 Å². The van der Waals surface area contributed by atoms with E-state index < -0.39 is 5.66 Å². The zero-order chi connectivity index (χ0) is 10.7. The van der Waals surface area contributed by atoms with Gasteiger partial charge in [0.15, 0.2) is 0 Å². The number of benzene rings is 2. The standard InChI is InChI=1S/C13H14N2.ClH/c14-13(15,11-7-3-1-4-8-11)12-9-5-2-6-10-12;/h1-10H,14-15H2;1H. The van der Waals surface area contributed by atoms with Gasteiger partial charge in [-0.2, -0.15) is 0 Å². The molecule has 0 amide bonds. The van der Waals surface area contributed by atoms with Crippen LogP contribution in [0.25, 0.3) is 0 Å². The van der Waals surface area contributed by atoms with E-state index >= 15 is 0 Å². The van der Waals surface area contributed by atoms with Crippen molar-refractivity contribution in [3.8, 4) is 0 Å². The monoisotopic (exact) mass is 234 g/mol. The highest BCUT2D eigenvalue weighted by atomic mass is 35.5. The summed E-state index contributed by atoms with van der Waals surface area (Å²) < 4.78 is 0. The molecule has 0 radical (unpaired) electrons. The Morgan fingerprint density at radius 2 is 0.938 bits per heavy atom. The first-order valence-electron chi connectivity index (χ1n) is 4.90. The van der Waals surface area contributed by atoms with E-state index in [4.69, 9.17) is 11.5 Å². The van der Waals surface area contributed by atoms with Crippen molar-refractivity contribution in [1.29, 1.82) is 0 Å². The molecule has 0 aliphatic carbocycles. The third kappa shape index (κ3) is 2.42. The van der Waals surface area contributed by atoms with Crippen LogP contribution in [0.1, 0.15) is 11.1 Å². The Morgan fingerprint density at radius 1 is 0.625 bits per heavy atom. The Hall–Kier alpha value is -1.35. The van der Waals surface area contributed by atoms with E-state index in [0.717, 1.165) is 11.1 Å². The van der Waals surface area contributed by atoms with Crippen LogP contribution < -0.4 is 11.5 Å². The maximum Gasteiger partial charge on any atom is 0.116 e. The Balaban J connectivity index is 0.00000128. The molecule has 4 N–H and O–H groups in total. The van der Waals surface area contributed by atoms with Crippen LogP contribution in [0.4, 0.5) is 0 Å². The lowest BCUT2D eigenvalue weighted by molar-refractivity contribution is 0.567. The topological polar surface area (TPSA) is 52.0 Å². The van der Waals surface area contributed by atoms with Crippen LogP contribution in [0.2, 0.25) is 0 Å². The molecule has 2 aromatic rings. The Bertz CT molecular complexity index is 385. The highest BCUT2D eigenvalue weighted by Gasteiger charge is 2.23. The van der Waals surface area contributed by atoms with Crippen molar-refractivity contribution in [3.63, 3.8) is 0 Å². The molecule has 0 atom stereocenters. The molecule has 0 bridgehead atoms. The fraction of sp³-hybridized carbons (Fsp3) is 0.0769. The van der Waals surface area contributed by atoms with Crippen molar-refractivity contribution >= 4 is 12.4 Å². The summed E-state index contributed by atoms with van der Waals surface area (Å²) in [7, 11) is 0. The molecule has 2 aromatic carbocycles. The second-order valence-electron chi connectivity index (χ2n) is 3.60. The van der Waals surface area contributed by atoms with Crippen molar-refractivity contribution < 1.29 is 0 Å². The minimum atomic E-state index is -0.914. The molecule has 0 aromatic heterocycles. The Morgan fingerprint density at radius 3 is 1.25 bits per heavy atom. The minimum Gasteiger partial charge on any atom is -0.306 e. The predicted molar refractivity (Wildman–Crippen MR) is 69.3 cm³/mol. The van der Waals surface area contributed by atoms with Gasteiger partial charge in [0.05, 0.1) is 0 Å². The number of hydrogen-bond donors (Lipinski definition) is 2. The molecule has 0 fully saturated rings. The molecule has 0 unspecified atom stereocenters. The average Bonchev–Trinajstić information content (AvgIpc) is 2.31. The van der Waals surface area contributed by atoms with Gasteiger partial charge in [0.25, 0.3) is 0 Å². The van der Waals surface area contributed by atoms with Gasteiger partial charge in [-0.1, -0.05) is 60.7 Å². The van der Waals surface area contributed by atoms with Crippen molar-refractivity contribution in [1.82, 2.24) is 0 Å². The van der Waals surface area contributed by atoms with E-state index in [9.17, 15) is 0 Å². The zero-order valence-electron chi connectivity index (χ0n) is 8.84. The zero-order valence-corrected chi connectivity index (χ0v) is 9.65. The van der Waals surface area contributed by atoms with Gasteiger partial charge in [-0.3, -0.25) is 0 Å². The van der Waals surface area contributed by atoms with Crippen LogP contribution in [0.5, 0.6) is 0 Å². The molecule has 2 nitrogen and oxygen atoms in total. The van der Waals surface area contributed by atoms with Crippen molar-refractivity contribution in [2.24, 2.45) is 11.5 Å². The predicted octanol–water partition coefficient (Wildman–Crippen LogP) is 2.23. The fourth-order valence-electron chi connectivity index (χ4n) is 1.59. The first-order chi connectivity index (χ1) is 7.21. The summed E-state index contributed by atoms with van der Waals surface area (Å²) in [6, 6.07) is 19.4. The summed E-state index contributed by atoms with van der Waals surface area (Å²) in [5.41, 5.74) is 13.2. The highest BCUT2D eigenvalue weighted by Crippen LogP contribution is 2.20. The average molecular weight is 235 g/mol. The van der Waals surface area contributed by atoms with Gasteiger partial charge in [0.1, 0.15) is 5.66 Å². The minimum absolute atomic E-state index is 0. The Kier molecular flexibility index (Phi) is 4.07. The van der Waals surface area contributed by atoms with E-state index in [2.05, 4.69) is 0 Å². The lowest BCUT2D eigenvalue weighted by Crippen LogP contribution is -2.46. The summed E-state index contributed by atoms with van der Waals surface area (Å²) in [4.78, 5) is 0. The van der Waals surface area contributed by atoms with E-state index in [1.54, 1.807) is 0 Å². The van der Waals surface area contributed by atoms with Gasteiger partial charge in [0, 0.05) is 0 Å². The van der Waals surface area contributed by atoms with Crippen LogP contribution in [0.15, 0.2) is 60.7 Å². The largest absolute Gasteiger partial charge is 0.306 e. The molecule has 0 aliphatic rings. The maximum absolute atomic E-state index is 6.14.